The van der Waals surface area contributed by atoms with E-state index in [1.54, 1.807) is 7.05 Å². The molecule has 2 rings (SSSR count). The van der Waals surface area contributed by atoms with Crippen molar-refractivity contribution < 1.29 is 9.13 Å². The number of ether oxygens (including phenoxy) is 1. The highest BCUT2D eigenvalue weighted by molar-refractivity contribution is 6.32. The molecule has 4 nitrogen and oxygen atoms in total. The molecule has 1 aromatic heterocycles. The number of hydrogen-bond donors (Lipinski definition) is 1. The van der Waals surface area contributed by atoms with Gasteiger partial charge in [-0.1, -0.05) is 18.5 Å². The SMILES string of the molecule is CCc1c(NC)ncnc1Oc1ccc(F)cc1Cl. The largest absolute Gasteiger partial charge is 0.437 e. The second-order valence-electron chi connectivity index (χ2n) is 3.79. The summed E-state index contributed by atoms with van der Waals surface area (Å²) in [6.07, 6.45) is 2.10. The second kappa shape index (κ2) is 5.84. The molecule has 1 N–H and O–H groups in total. The molecule has 1 heterocycles. The molecule has 0 fully saturated rings. The van der Waals surface area contributed by atoms with Gasteiger partial charge in [0.2, 0.25) is 5.88 Å². The number of rotatable bonds is 4. The van der Waals surface area contributed by atoms with Crippen molar-refractivity contribution >= 4 is 17.4 Å². The monoisotopic (exact) mass is 281 g/mol. The molecule has 0 saturated heterocycles. The number of nitrogens with one attached hydrogen (secondary N) is 1. The van der Waals surface area contributed by atoms with Crippen LogP contribution < -0.4 is 10.1 Å². The highest BCUT2D eigenvalue weighted by Gasteiger charge is 2.12. The Hall–Kier alpha value is -1.88. The number of halogens is 2. The van der Waals surface area contributed by atoms with Gasteiger partial charge in [-0.2, -0.15) is 0 Å². The molecule has 6 heteroatoms. The smallest absolute Gasteiger partial charge is 0.227 e. The third kappa shape index (κ3) is 2.93. The Kier molecular flexibility index (Phi) is 4.16. The Bertz CT molecular complexity index is 592. The first-order valence-electron chi connectivity index (χ1n) is 5.80. The quantitative estimate of drug-likeness (QED) is 0.929. The molecular weight excluding hydrogens is 269 g/mol. The summed E-state index contributed by atoms with van der Waals surface area (Å²) >= 11 is 5.92. The van der Waals surface area contributed by atoms with E-state index in [9.17, 15) is 4.39 Å². The van der Waals surface area contributed by atoms with E-state index in [2.05, 4.69) is 15.3 Å². The average molecular weight is 282 g/mol. The summed E-state index contributed by atoms with van der Waals surface area (Å²) in [5.41, 5.74) is 0.838. The average Bonchev–Trinajstić information content (AvgIpc) is 2.41. The van der Waals surface area contributed by atoms with Crippen LogP contribution in [0.25, 0.3) is 0 Å². The van der Waals surface area contributed by atoms with E-state index >= 15 is 0 Å². The predicted molar refractivity (Wildman–Crippen MR) is 72.4 cm³/mol. The van der Waals surface area contributed by atoms with Gasteiger partial charge in [0.05, 0.1) is 10.6 Å². The topological polar surface area (TPSA) is 47.0 Å². The van der Waals surface area contributed by atoms with E-state index in [0.717, 1.165) is 5.56 Å². The molecule has 0 bridgehead atoms. The fourth-order valence-electron chi connectivity index (χ4n) is 1.68. The summed E-state index contributed by atoms with van der Waals surface area (Å²) in [5.74, 6) is 1.06. The standard InChI is InChI=1S/C13H13ClFN3O/c1-3-9-12(16-2)17-7-18-13(9)19-11-5-4-8(15)6-10(11)14/h4-7H,3H2,1-2H3,(H,16,17,18). The van der Waals surface area contributed by atoms with Gasteiger partial charge in [-0.05, 0) is 24.6 Å². The van der Waals surface area contributed by atoms with Crippen molar-refractivity contribution in [1.29, 1.82) is 0 Å². The van der Waals surface area contributed by atoms with Gasteiger partial charge >= 0.3 is 0 Å². The number of benzene rings is 1. The molecule has 0 radical (unpaired) electrons. The Morgan fingerprint density at radius 1 is 1.37 bits per heavy atom. The Morgan fingerprint density at radius 3 is 2.79 bits per heavy atom. The second-order valence-corrected chi connectivity index (χ2v) is 4.19. The van der Waals surface area contributed by atoms with Gasteiger partial charge in [-0.3, -0.25) is 0 Å². The number of nitrogens with zero attached hydrogens (tertiary/aromatic N) is 2. The molecule has 0 aliphatic heterocycles. The Morgan fingerprint density at radius 2 is 2.16 bits per heavy atom. The number of anilines is 1. The van der Waals surface area contributed by atoms with Gasteiger partial charge < -0.3 is 10.1 Å². The zero-order valence-corrected chi connectivity index (χ0v) is 11.3. The third-order valence-electron chi connectivity index (χ3n) is 2.60. The molecule has 1 aromatic carbocycles. The van der Waals surface area contributed by atoms with E-state index in [0.29, 0.717) is 23.9 Å². The number of hydrogen-bond acceptors (Lipinski definition) is 4. The van der Waals surface area contributed by atoms with Crippen molar-refractivity contribution in [2.24, 2.45) is 0 Å². The molecule has 100 valence electrons. The highest BCUT2D eigenvalue weighted by Crippen LogP contribution is 2.32. The summed E-state index contributed by atoms with van der Waals surface area (Å²) in [6.45, 7) is 1.97. The molecule has 2 aromatic rings. The molecular formula is C13H13ClFN3O. The molecule has 0 atom stereocenters. The fourth-order valence-corrected chi connectivity index (χ4v) is 1.89. The summed E-state index contributed by atoms with van der Waals surface area (Å²) in [4.78, 5) is 8.20. The molecule has 19 heavy (non-hydrogen) atoms. The van der Waals surface area contributed by atoms with E-state index in [-0.39, 0.29) is 5.02 Å². The van der Waals surface area contributed by atoms with Crippen LogP contribution in [0.1, 0.15) is 12.5 Å². The summed E-state index contributed by atoms with van der Waals surface area (Å²) < 4.78 is 18.6. The van der Waals surface area contributed by atoms with Crippen LogP contribution >= 0.6 is 11.6 Å². The van der Waals surface area contributed by atoms with Crippen molar-refractivity contribution in [3.63, 3.8) is 0 Å². The fraction of sp³-hybridized carbons (Fsp3) is 0.231. The van der Waals surface area contributed by atoms with Gasteiger partial charge in [0.25, 0.3) is 0 Å². The summed E-state index contributed by atoms with van der Waals surface area (Å²) in [7, 11) is 1.77. The summed E-state index contributed by atoms with van der Waals surface area (Å²) in [5, 5.41) is 3.17. The minimum Gasteiger partial charge on any atom is -0.437 e. The van der Waals surface area contributed by atoms with Gasteiger partial charge in [-0.25, -0.2) is 14.4 Å². The third-order valence-corrected chi connectivity index (χ3v) is 2.89. The maximum Gasteiger partial charge on any atom is 0.227 e. The van der Waals surface area contributed by atoms with Gasteiger partial charge in [0.1, 0.15) is 23.7 Å². The van der Waals surface area contributed by atoms with Crippen molar-refractivity contribution in [2.45, 2.75) is 13.3 Å². The molecule has 0 unspecified atom stereocenters. The van der Waals surface area contributed by atoms with Crippen molar-refractivity contribution in [2.75, 3.05) is 12.4 Å². The molecule has 0 amide bonds. The lowest BCUT2D eigenvalue weighted by atomic mass is 10.2. The molecule has 0 saturated carbocycles. The Labute approximate surface area is 115 Å². The zero-order chi connectivity index (χ0) is 13.8. The molecule has 0 spiro atoms. The van der Waals surface area contributed by atoms with Crippen molar-refractivity contribution in [1.82, 2.24) is 9.97 Å². The minimum atomic E-state index is -0.410. The van der Waals surface area contributed by atoms with Crippen LogP contribution in [-0.4, -0.2) is 17.0 Å². The minimum absolute atomic E-state index is 0.201. The van der Waals surface area contributed by atoms with Crippen molar-refractivity contribution in [3.8, 4) is 11.6 Å². The maximum absolute atomic E-state index is 13.0. The normalized spacial score (nSPS) is 10.3. The number of aromatic nitrogens is 2. The van der Waals surface area contributed by atoms with E-state index in [1.165, 1.54) is 24.5 Å². The van der Waals surface area contributed by atoms with Crippen molar-refractivity contribution in [3.05, 3.63) is 40.9 Å². The summed E-state index contributed by atoms with van der Waals surface area (Å²) in [6, 6.07) is 3.95. The molecule has 0 aliphatic carbocycles. The first-order chi connectivity index (χ1) is 9.15. The van der Waals surface area contributed by atoms with E-state index < -0.39 is 5.82 Å². The first-order valence-corrected chi connectivity index (χ1v) is 6.18. The van der Waals surface area contributed by atoms with Gasteiger partial charge in [0.15, 0.2) is 0 Å². The molecule has 0 aliphatic rings. The first kappa shape index (κ1) is 13.5. The van der Waals surface area contributed by atoms with Crippen LogP contribution in [0.4, 0.5) is 10.2 Å². The lowest BCUT2D eigenvalue weighted by Crippen LogP contribution is -2.02. The van der Waals surface area contributed by atoms with Gasteiger partial charge in [0, 0.05) is 7.05 Å². The van der Waals surface area contributed by atoms with E-state index in [4.69, 9.17) is 16.3 Å². The van der Waals surface area contributed by atoms with Crippen LogP contribution in [0, 0.1) is 5.82 Å². The van der Waals surface area contributed by atoms with Crippen LogP contribution in [0.2, 0.25) is 5.02 Å². The highest BCUT2D eigenvalue weighted by atomic mass is 35.5. The maximum atomic E-state index is 13.0. The van der Waals surface area contributed by atoms with Crippen LogP contribution in [-0.2, 0) is 6.42 Å². The predicted octanol–water partition coefficient (Wildman–Crippen LogP) is 3.67. The van der Waals surface area contributed by atoms with Gasteiger partial charge in [-0.15, -0.1) is 0 Å². The van der Waals surface area contributed by atoms with Crippen LogP contribution in [0.3, 0.4) is 0 Å². The lowest BCUT2D eigenvalue weighted by Gasteiger charge is -2.12. The Balaban J connectivity index is 2.37. The lowest BCUT2D eigenvalue weighted by molar-refractivity contribution is 0.454. The van der Waals surface area contributed by atoms with Crippen LogP contribution in [0.5, 0.6) is 11.6 Å². The van der Waals surface area contributed by atoms with E-state index in [1.807, 2.05) is 6.92 Å². The zero-order valence-electron chi connectivity index (χ0n) is 10.6. The van der Waals surface area contributed by atoms with Crippen LogP contribution in [0.15, 0.2) is 24.5 Å².